The minimum atomic E-state index is -0.972. The molecule has 1 fully saturated rings. The molecule has 1 unspecified atom stereocenters. The first-order valence-corrected chi connectivity index (χ1v) is 10.0. The first-order valence-electron chi connectivity index (χ1n) is 8.99. The summed E-state index contributed by atoms with van der Waals surface area (Å²) >= 11 is 1.49. The van der Waals surface area contributed by atoms with Gasteiger partial charge < -0.3 is 10.0 Å². The highest BCUT2D eigenvalue weighted by atomic mass is 32.2. The van der Waals surface area contributed by atoms with Gasteiger partial charge in [-0.2, -0.15) is 0 Å². The van der Waals surface area contributed by atoms with Crippen molar-refractivity contribution in [1.29, 1.82) is 0 Å². The highest BCUT2D eigenvalue weighted by Gasteiger charge is 2.35. The number of carboxylic acid groups (broad SMARTS) is 1. The highest BCUT2D eigenvalue weighted by molar-refractivity contribution is 8.00. The van der Waals surface area contributed by atoms with E-state index < -0.39 is 5.97 Å². The first-order chi connectivity index (χ1) is 13.3. The van der Waals surface area contributed by atoms with Crippen LogP contribution >= 0.6 is 11.8 Å². The molecule has 1 amide bonds. The van der Waals surface area contributed by atoms with Gasteiger partial charge >= 0.3 is 5.97 Å². The molecule has 2 aromatic carbocycles. The number of carbonyl (C=O) groups is 2. The second-order valence-corrected chi connectivity index (χ2v) is 8.14. The zero-order valence-electron chi connectivity index (χ0n) is 16.1. The van der Waals surface area contributed by atoms with Crippen LogP contribution in [-0.2, 0) is 11.2 Å². The molecule has 3 rings (SSSR count). The molecule has 1 aliphatic heterocycles. The zero-order chi connectivity index (χ0) is 20.4. The van der Waals surface area contributed by atoms with Crippen molar-refractivity contribution in [2.24, 2.45) is 0 Å². The number of amides is 1. The highest BCUT2D eigenvalue weighted by Crippen LogP contribution is 2.43. The Morgan fingerprint density at radius 3 is 2.54 bits per heavy atom. The third-order valence-corrected chi connectivity index (χ3v) is 6.10. The lowest BCUT2D eigenvalue weighted by molar-refractivity contribution is -0.115. The van der Waals surface area contributed by atoms with Crippen LogP contribution in [0.1, 0.15) is 32.4 Å². The maximum Gasteiger partial charge on any atom is 0.335 e. The van der Waals surface area contributed by atoms with E-state index in [1.807, 2.05) is 25.9 Å². The number of halogens is 1. The molecule has 1 aliphatic rings. The van der Waals surface area contributed by atoms with Crippen LogP contribution < -0.4 is 4.90 Å². The van der Waals surface area contributed by atoms with Gasteiger partial charge in [0.15, 0.2) is 0 Å². The van der Waals surface area contributed by atoms with Crippen LogP contribution in [-0.4, -0.2) is 48.3 Å². The standard InChI is InChI=1S/C21H23FN2O3S/c1-13-16(10-11-23(2)3)17(21(26)27)8-9-18(13)24-19(25)12-28-20(24)14-4-6-15(22)7-5-14/h4-9,20H,10-12H2,1-3H3,(H,26,27). The average Bonchev–Trinajstić information content (AvgIpc) is 3.02. The summed E-state index contributed by atoms with van der Waals surface area (Å²) in [5, 5.41) is 9.33. The summed E-state index contributed by atoms with van der Waals surface area (Å²) in [6.45, 7) is 2.57. The second kappa shape index (κ2) is 8.32. The van der Waals surface area contributed by atoms with Gasteiger partial charge in [-0.15, -0.1) is 11.8 Å². The number of rotatable bonds is 6. The normalized spacial score (nSPS) is 16.8. The Balaban J connectivity index is 2.05. The predicted octanol–water partition coefficient (Wildman–Crippen LogP) is 3.72. The van der Waals surface area contributed by atoms with E-state index in [1.165, 1.54) is 23.9 Å². The van der Waals surface area contributed by atoms with Gasteiger partial charge in [0.1, 0.15) is 11.2 Å². The van der Waals surface area contributed by atoms with E-state index in [0.717, 1.165) is 16.7 Å². The van der Waals surface area contributed by atoms with E-state index >= 15 is 0 Å². The largest absolute Gasteiger partial charge is 0.478 e. The number of nitrogens with zero attached hydrogens (tertiary/aromatic N) is 2. The van der Waals surface area contributed by atoms with Crippen molar-refractivity contribution in [2.45, 2.75) is 18.7 Å². The maximum atomic E-state index is 13.3. The monoisotopic (exact) mass is 402 g/mol. The van der Waals surface area contributed by atoms with Crippen LogP contribution in [0.15, 0.2) is 36.4 Å². The van der Waals surface area contributed by atoms with Crippen molar-refractivity contribution in [3.63, 3.8) is 0 Å². The van der Waals surface area contributed by atoms with Gasteiger partial charge in [-0.25, -0.2) is 9.18 Å². The van der Waals surface area contributed by atoms with Gasteiger partial charge in [0.05, 0.1) is 11.3 Å². The maximum absolute atomic E-state index is 13.3. The van der Waals surface area contributed by atoms with E-state index in [0.29, 0.717) is 24.4 Å². The fraction of sp³-hybridized carbons (Fsp3) is 0.333. The number of benzene rings is 2. The fourth-order valence-corrected chi connectivity index (χ4v) is 4.59. The van der Waals surface area contributed by atoms with Crippen LogP contribution in [0.5, 0.6) is 0 Å². The smallest absolute Gasteiger partial charge is 0.335 e. The molecule has 0 aromatic heterocycles. The lowest BCUT2D eigenvalue weighted by Gasteiger charge is -2.27. The van der Waals surface area contributed by atoms with Crippen LogP contribution in [0, 0.1) is 12.7 Å². The van der Waals surface area contributed by atoms with Crippen molar-refractivity contribution < 1.29 is 19.1 Å². The minimum Gasteiger partial charge on any atom is -0.478 e. The predicted molar refractivity (Wildman–Crippen MR) is 109 cm³/mol. The second-order valence-electron chi connectivity index (χ2n) is 7.07. The molecular weight excluding hydrogens is 379 g/mol. The number of hydrogen-bond donors (Lipinski definition) is 1. The zero-order valence-corrected chi connectivity index (χ0v) is 16.9. The van der Waals surface area contributed by atoms with Gasteiger partial charge in [0, 0.05) is 12.2 Å². The Morgan fingerprint density at radius 2 is 1.93 bits per heavy atom. The number of thioether (sulfide) groups is 1. The summed E-state index contributed by atoms with van der Waals surface area (Å²) in [4.78, 5) is 28.1. The summed E-state index contributed by atoms with van der Waals surface area (Å²) < 4.78 is 13.3. The number of aromatic carboxylic acids is 1. The summed E-state index contributed by atoms with van der Waals surface area (Å²) in [6, 6.07) is 9.43. The van der Waals surface area contributed by atoms with E-state index in [4.69, 9.17) is 0 Å². The Kier molecular flexibility index (Phi) is 6.05. The third kappa shape index (κ3) is 4.05. The van der Waals surface area contributed by atoms with E-state index in [9.17, 15) is 19.1 Å². The van der Waals surface area contributed by atoms with E-state index in [-0.39, 0.29) is 22.7 Å². The third-order valence-electron chi connectivity index (χ3n) is 4.89. The number of anilines is 1. The van der Waals surface area contributed by atoms with Crippen LogP contribution in [0.25, 0.3) is 0 Å². The first kappa shape index (κ1) is 20.4. The molecule has 1 saturated heterocycles. The Hall–Kier alpha value is -2.38. The van der Waals surface area contributed by atoms with Crippen LogP contribution in [0.3, 0.4) is 0 Å². The topological polar surface area (TPSA) is 60.9 Å². The summed E-state index contributed by atoms with van der Waals surface area (Å²) in [7, 11) is 3.87. The summed E-state index contributed by atoms with van der Waals surface area (Å²) in [5.41, 5.74) is 3.35. The Bertz CT molecular complexity index is 899. The SMILES string of the molecule is Cc1c(N2C(=O)CSC2c2ccc(F)cc2)ccc(C(=O)O)c1CCN(C)C. The average molecular weight is 402 g/mol. The molecule has 2 aromatic rings. The van der Waals surface area contributed by atoms with Crippen LogP contribution in [0.2, 0.25) is 0 Å². The molecular formula is C21H23FN2O3S. The van der Waals surface area contributed by atoms with Crippen molar-refractivity contribution in [3.05, 3.63) is 64.5 Å². The van der Waals surface area contributed by atoms with Crippen molar-refractivity contribution in [2.75, 3.05) is 31.3 Å². The molecule has 0 aliphatic carbocycles. The molecule has 5 nitrogen and oxygen atoms in total. The quantitative estimate of drug-likeness (QED) is 0.798. The number of hydrogen-bond acceptors (Lipinski definition) is 4. The van der Waals surface area contributed by atoms with Gasteiger partial charge in [-0.05, 0) is 68.4 Å². The molecule has 0 saturated carbocycles. The van der Waals surface area contributed by atoms with Gasteiger partial charge in [0.25, 0.3) is 0 Å². The van der Waals surface area contributed by atoms with Crippen molar-refractivity contribution in [3.8, 4) is 0 Å². The van der Waals surface area contributed by atoms with Crippen molar-refractivity contribution in [1.82, 2.24) is 4.90 Å². The van der Waals surface area contributed by atoms with Gasteiger partial charge in [0.2, 0.25) is 5.91 Å². The fourth-order valence-electron chi connectivity index (χ4n) is 3.42. The summed E-state index contributed by atoms with van der Waals surface area (Å²) in [6.07, 6.45) is 0.574. The minimum absolute atomic E-state index is 0.0379. The molecule has 148 valence electrons. The van der Waals surface area contributed by atoms with Crippen LogP contribution in [0.4, 0.5) is 10.1 Å². The lowest BCUT2D eigenvalue weighted by atomic mass is 9.96. The Morgan fingerprint density at radius 1 is 1.25 bits per heavy atom. The molecule has 1 atom stereocenters. The Labute approximate surface area is 168 Å². The number of carboxylic acids is 1. The van der Waals surface area contributed by atoms with Gasteiger partial charge in [-0.3, -0.25) is 9.69 Å². The molecule has 1 N–H and O–H groups in total. The molecule has 1 heterocycles. The molecule has 0 bridgehead atoms. The number of likely N-dealkylation sites (N-methyl/N-ethyl adjacent to an activating group) is 1. The molecule has 7 heteroatoms. The molecule has 0 spiro atoms. The molecule has 0 radical (unpaired) electrons. The van der Waals surface area contributed by atoms with E-state index in [2.05, 4.69) is 0 Å². The lowest BCUT2D eigenvalue weighted by Crippen LogP contribution is -2.29. The van der Waals surface area contributed by atoms with E-state index in [1.54, 1.807) is 29.2 Å². The summed E-state index contributed by atoms with van der Waals surface area (Å²) in [5.74, 6) is -1.00. The van der Waals surface area contributed by atoms with Crippen molar-refractivity contribution >= 4 is 29.3 Å². The number of carbonyl (C=O) groups excluding carboxylic acids is 1. The molecule has 28 heavy (non-hydrogen) atoms. The van der Waals surface area contributed by atoms with Gasteiger partial charge in [-0.1, -0.05) is 12.1 Å².